The molecule has 3 rings (SSSR count). The molecule has 0 amide bonds. The van der Waals surface area contributed by atoms with Crippen LogP contribution in [0.3, 0.4) is 0 Å². The molecular formula is C18H14. The minimum absolute atomic E-state index is 1.16. The Labute approximate surface area is 107 Å². The summed E-state index contributed by atoms with van der Waals surface area (Å²) in [7, 11) is 0. The molecule has 0 unspecified atom stereocenters. The highest BCUT2D eigenvalue weighted by molar-refractivity contribution is 5.88. The first kappa shape index (κ1) is 10.8. The van der Waals surface area contributed by atoms with Gasteiger partial charge in [-0.15, -0.1) is 0 Å². The van der Waals surface area contributed by atoms with Crippen molar-refractivity contribution in [2.75, 3.05) is 0 Å². The van der Waals surface area contributed by atoms with E-state index >= 15 is 0 Å². The van der Waals surface area contributed by atoms with Crippen LogP contribution in [0.25, 0.3) is 28.0 Å². The van der Waals surface area contributed by atoms with E-state index in [9.17, 15) is 0 Å². The second kappa shape index (κ2) is 4.50. The van der Waals surface area contributed by atoms with Crippen molar-refractivity contribution in [1.82, 2.24) is 0 Å². The number of rotatable bonds is 2. The predicted molar refractivity (Wildman–Crippen MR) is 79.5 cm³/mol. The highest BCUT2D eigenvalue weighted by atomic mass is 14.0. The molecule has 0 aliphatic carbocycles. The Kier molecular flexibility index (Phi) is 2.70. The summed E-state index contributed by atoms with van der Waals surface area (Å²) in [6.07, 6.45) is 1.88. The molecule has 86 valence electrons. The summed E-state index contributed by atoms with van der Waals surface area (Å²) in [5.74, 6) is 0. The van der Waals surface area contributed by atoms with Crippen molar-refractivity contribution in [3.05, 3.63) is 78.9 Å². The fraction of sp³-hybridized carbons (Fsp3) is 0. The van der Waals surface area contributed by atoms with Gasteiger partial charge < -0.3 is 0 Å². The lowest BCUT2D eigenvalue weighted by molar-refractivity contribution is 1.64. The molecule has 0 atom stereocenters. The molecule has 0 N–H and O–H groups in total. The van der Waals surface area contributed by atoms with Crippen LogP contribution in [0.4, 0.5) is 0 Å². The van der Waals surface area contributed by atoms with Crippen molar-refractivity contribution in [2.24, 2.45) is 0 Å². The lowest BCUT2D eigenvalue weighted by Crippen LogP contribution is -1.79. The molecule has 0 saturated carbocycles. The molecule has 0 heteroatoms. The van der Waals surface area contributed by atoms with Gasteiger partial charge in [-0.25, -0.2) is 0 Å². The Morgan fingerprint density at radius 2 is 1.39 bits per heavy atom. The van der Waals surface area contributed by atoms with Gasteiger partial charge in [0.1, 0.15) is 0 Å². The molecule has 0 saturated heterocycles. The molecule has 0 aliphatic rings. The molecule has 0 nitrogen and oxygen atoms in total. The van der Waals surface area contributed by atoms with Crippen molar-refractivity contribution >= 4 is 16.8 Å². The summed E-state index contributed by atoms with van der Waals surface area (Å²) in [5.41, 5.74) is 3.68. The summed E-state index contributed by atoms with van der Waals surface area (Å²) in [5, 5.41) is 2.52. The van der Waals surface area contributed by atoms with E-state index < -0.39 is 0 Å². The minimum atomic E-state index is 1.16. The molecule has 0 bridgehead atoms. The molecule has 0 heterocycles. The molecule has 0 aromatic heterocycles. The van der Waals surface area contributed by atoms with Crippen molar-refractivity contribution < 1.29 is 0 Å². The number of fused-ring (bicyclic) bond motifs is 1. The minimum Gasteiger partial charge on any atom is -0.0985 e. The van der Waals surface area contributed by atoms with Gasteiger partial charge in [0.2, 0.25) is 0 Å². The van der Waals surface area contributed by atoms with E-state index in [0.717, 1.165) is 5.56 Å². The quantitative estimate of drug-likeness (QED) is 0.571. The second-order valence-corrected chi connectivity index (χ2v) is 4.39. The fourth-order valence-corrected chi connectivity index (χ4v) is 2.20. The van der Waals surface area contributed by atoms with E-state index in [1.807, 2.05) is 12.1 Å². The third-order valence-electron chi connectivity index (χ3n) is 3.21. The van der Waals surface area contributed by atoms with Crippen LogP contribution in [0.1, 0.15) is 5.56 Å². The molecule has 3 aromatic rings. The van der Waals surface area contributed by atoms with E-state index in [0.29, 0.717) is 0 Å². The topological polar surface area (TPSA) is 0 Å². The van der Waals surface area contributed by atoms with Crippen LogP contribution in [0.2, 0.25) is 0 Å². The van der Waals surface area contributed by atoms with Crippen LogP contribution >= 0.6 is 0 Å². The van der Waals surface area contributed by atoms with Gasteiger partial charge in [-0.1, -0.05) is 67.3 Å². The Morgan fingerprint density at radius 1 is 0.667 bits per heavy atom. The van der Waals surface area contributed by atoms with Gasteiger partial charge in [0.15, 0.2) is 0 Å². The highest BCUT2D eigenvalue weighted by Gasteiger charge is 1.99. The summed E-state index contributed by atoms with van der Waals surface area (Å²) in [4.78, 5) is 0. The molecule has 0 spiro atoms. The van der Waals surface area contributed by atoms with E-state index in [2.05, 4.69) is 67.2 Å². The summed E-state index contributed by atoms with van der Waals surface area (Å²) in [6, 6.07) is 23.5. The van der Waals surface area contributed by atoms with Gasteiger partial charge in [0.05, 0.1) is 0 Å². The molecule has 0 fully saturated rings. The van der Waals surface area contributed by atoms with E-state index in [4.69, 9.17) is 0 Å². The number of benzene rings is 3. The molecular weight excluding hydrogens is 216 g/mol. The first-order chi connectivity index (χ1) is 8.86. The maximum Gasteiger partial charge on any atom is -0.0177 e. The first-order valence-corrected chi connectivity index (χ1v) is 6.08. The Morgan fingerprint density at radius 3 is 2.17 bits per heavy atom. The van der Waals surface area contributed by atoms with Crippen LogP contribution in [0, 0.1) is 0 Å². The average Bonchev–Trinajstić information content (AvgIpc) is 2.47. The normalized spacial score (nSPS) is 10.4. The Balaban J connectivity index is 2.15. The third-order valence-corrected chi connectivity index (χ3v) is 3.21. The first-order valence-electron chi connectivity index (χ1n) is 6.08. The zero-order valence-electron chi connectivity index (χ0n) is 10.1. The Hall–Kier alpha value is -2.34. The molecule has 0 radical (unpaired) electrons. The van der Waals surface area contributed by atoms with Crippen molar-refractivity contribution in [1.29, 1.82) is 0 Å². The maximum absolute atomic E-state index is 3.80. The van der Waals surface area contributed by atoms with Crippen molar-refractivity contribution in [2.45, 2.75) is 0 Å². The predicted octanol–water partition coefficient (Wildman–Crippen LogP) is 5.15. The highest BCUT2D eigenvalue weighted by Crippen LogP contribution is 2.25. The second-order valence-electron chi connectivity index (χ2n) is 4.39. The monoisotopic (exact) mass is 230 g/mol. The van der Waals surface area contributed by atoms with E-state index in [1.54, 1.807) is 0 Å². The third kappa shape index (κ3) is 1.93. The zero-order chi connectivity index (χ0) is 12.4. The van der Waals surface area contributed by atoms with Crippen LogP contribution in [-0.2, 0) is 0 Å². The summed E-state index contributed by atoms with van der Waals surface area (Å²) >= 11 is 0. The zero-order valence-corrected chi connectivity index (χ0v) is 10.1. The van der Waals surface area contributed by atoms with Gasteiger partial charge in [-0.05, 0) is 39.6 Å². The van der Waals surface area contributed by atoms with Crippen LogP contribution in [0.5, 0.6) is 0 Å². The average molecular weight is 230 g/mol. The standard InChI is InChI=1S/C18H14/c1-2-14-8-9-18-13-17(11-10-16(18)12-14)15-6-4-3-5-7-15/h2-13H,1H2. The van der Waals surface area contributed by atoms with Gasteiger partial charge in [-0.3, -0.25) is 0 Å². The maximum atomic E-state index is 3.80. The van der Waals surface area contributed by atoms with Gasteiger partial charge >= 0.3 is 0 Å². The van der Waals surface area contributed by atoms with Crippen LogP contribution in [0.15, 0.2) is 73.3 Å². The largest absolute Gasteiger partial charge is 0.0985 e. The lowest BCUT2D eigenvalue weighted by atomic mass is 10.00. The van der Waals surface area contributed by atoms with Crippen LogP contribution < -0.4 is 0 Å². The summed E-state index contributed by atoms with van der Waals surface area (Å²) in [6.45, 7) is 3.80. The number of hydrogen-bond donors (Lipinski definition) is 0. The van der Waals surface area contributed by atoms with E-state index in [1.165, 1.54) is 21.9 Å². The van der Waals surface area contributed by atoms with Crippen LogP contribution in [-0.4, -0.2) is 0 Å². The lowest BCUT2D eigenvalue weighted by Gasteiger charge is -2.05. The van der Waals surface area contributed by atoms with Crippen molar-refractivity contribution in [3.8, 4) is 11.1 Å². The fourth-order valence-electron chi connectivity index (χ4n) is 2.20. The Bertz CT molecular complexity index is 694. The van der Waals surface area contributed by atoms with E-state index in [-0.39, 0.29) is 0 Å². The molecule has 3 aromatic carbocycles. The summed E-state index contributed by atoms with van der Waals surface area (Å²) < 4.78 is 0. The van der Waals surface area contributed by atoms with Crippen molar-refractivity contribution in [3.63, 3.8) is 0 Å². The van der Waals surface area contributed by atoms with Gasteiger partial charge in [0, 0.05) is 0 Å². The molecule has 18 heavy (non-hydrogen) atoms. The number of hydrogen-bond acceptors (Lipinski definition) is 0. The van der Waals surface area contributed by atoms with Gasteiger partial charge in [-0.2, -0.15) is 0 Å². The molecule has 0 aliphatic heterocycles. The SMILES string of the molecule is C=Cc1ccc2cc(-c3ccccc3)ccc2c1. The smallest absolute Gasteiger partial charge is 0.0177 e. The van der Waals surface area contributed by atoms with Gasteiger partial charge in [0.25, 0.3) is 0 Å².